The van der Waals surface area contributed by atoms with Crippen LogP contribution in [0, 0.1) is 5.82 Å². The molecule has 1 unspecified atom stereocenters. The first-order chi connectivity index (χ1) is 17.4. The fourth-order valence-electron chi connectivity index (χ4n) is 4.25. The minimum atomic E-state index is -5.54. The minimum Gasteiger partial charge on any atom is -0.425 e. The summed E-state index contributed by atoms with van der Waals surface area (Å²) in [7, 11) is -1.98. The quantitative estimate of drug-likeness (QED) is 0.260. The third-order valence-corrected chi connectivity index (χ3v) is 7.37. The molecule has 5 nitrogen and oxygen atoms in total. The molecular weight excluding hydrogens is 527 g/mol. The van der Waals surface area contributed by atoms with Gasteiger partial charge in [0, 0.05) is 12.8 Å². The highest BCUT2D eigenvalue weighted by Crippen LogP contribution is 2.48. The first kappa shape index (κ1) is 26.8. The number of halogens is 7. The van der Waals surface area contributed by atoms with E-state index in [0.29, 0.717) is 12.3 Å². The highest BCUT2D eigenvalue weighted by Gasteiger charge is 2.57. The van der Waals surface area contributed by atoms with Gasteiger partial charge in [0.15, 0.2) is 16.9 Å². The van der Waals surface area contributed by atoms with Gasteiger partial charge in [0.25, 0.3) is 0 Å². The van der Waals surface area contributed by atoms with Crippen LogP contribution in [-0.2, 0) is 30.2 Å². The van der Waals surface area contributed by atoms with Gasteiger partial charge in [-0.15, -0.1) is 16.8 Å². The molecule has 0 aliphatic carbocycles. The number of alkyl halides is 6. The third kappa shape index (κ3) is 5.86. The molecule has 0 fully saturated rings. The normalized spacial score (nSPS) is 17.1. The van der Waals surface area contributed by atoms with Gasteiger partial charge >= 0.3 is 12.4 Å². The molecule has 0 amide bonds. The van der Waals surface area contributed by atoms with Crippen molar-refractivity contribution >= 4 is 16.7 Å². The van der Waals surface area contributed by atoms with Crippen molar-refractivity contribution in [2.45, 2.75) is 54.9 Å². The zero-order chi connectivity index (χ0) is 27.0. The van der Waals surface area contributed by atoms with E-state index in [1.807, 2.05) is 0 Å². The molecule has 0 bridgehead atoms. The maximum absolute atomic E-state index is 13.6. The van der Waals surface area contributed by atoms with Gasteiger partial charge in [-0.25, -0.2) is 8.60 Å². The first-order valence-corrected chi connectivity index (χ1v) is 12.1. The van der Waals surface area contributed by atoms with Crippen LogP contribution in [0.2, 0.25) is 0 Å². The Morgan fingerprint density at radius 3 is 2.32 bits per heavy atom. The van der Waals surface area contributed by atoms with E-state index >= 15 is 0 Å². The molecule has 0 saturated carbocycles. The van der Waals surface area contributed by atoms with E-state index in [4.69, 9.17) is 4.42 Å². The molecule has 2 atom stereocenters. The number of hydrogen-bond donors (Lipinski definition) is 0. The largest absolute Gasteiger partial charge is 0.425 e. The Kier molecular flexibility index (Phi) is 7.45. The topological polar surface area (TPSA) is 59.2 Å². The molecule has 1 aliphatic heterocycles. The Bertz CT molecular complexity index is 1270. The smallest absolute Gasteiger partial charge is 0.404 e. The number of nitrogens with zero attached hydrogens (tertiary/aromatic N) is 3. The van der Waals surface area contributed by atoms with Crippen molar-refractivity contribution in [3.8, 4) is 0 Å². The maximum atomic E-state index is 13.6. The van der Waals surface area contributed by atoms with Gasteiger partial charge in [0.1, 0.15) is 5.82 Å². The van der Waals surface area contributed by atoms with Crippen molar-refractivity contribution in [3.63, 3.8) is 0 Å². The molecule has 1 aromatic heterocycles. The van der Waals surface area contributed by atoms with Crippen LogP contribution in [0.5, 0.6) is 0 Å². The lowest BCUT2D eigenvalue weighted by atomic mass is 9.90. The van der Waals surface area contributed by atoms with E-state index in [1.54, 1.807) is 6.08 Å². The van der Waals surface area contributed by atoms with Crippen LogP contribution >= 0.6 is 0 Å². The molecular formula is C24H20F7N3O2S. The molecule has 2 heterocycles. The molecule has 0 N–H and O–H groups in total. The van der Waals surface area contributed by atoms with E-state index in [9.17, 15) is 34.9 Å². The van der Waals surface area contributed by atoms with Gasteiger partial charge in [-0.3, -0.25) is 4.31 Å². The summed E-state index contributed by atoms with van der Waals surface area (Å²) in [6, 6.07) is 6.96. The third-order valence-electron chi connectivity index (χ3n) is 5.84. The lowest BCUT2D eigenvalue weighted by Gasteiger charge is -2.37. The first-order valence-electron chi connectivity index (χ1n) is 11.0. The summed E-state index contributed by atoms with van der Waals surface area (Å²) in [5.41, 5.74) is -0.562. The molecule has 13 heteroatoms. The summed E-state index contributed by atoms with van der Waals surface area (Å²) in [4.78, 5) is 0.199. The Morgan fingerprint density at radius 2 is 1.70 bits per heavy atom. The fraction of sp³-hybridized carbons (Fsp3) is 0.333. The van der Waals surface area contributed by atoms with Gasteiger partial charge < -0.3 is 4.42 Å². The molecule has 2 aromatic carbocycles. The zero-order valence-corrected chi connectivity index (χ0v) is 19.8. The van der Waals surface area contributed by atoms with Crippen LogP contribution in [-0.4, -0.2) is 32.8 Å². The average molecular weight is 547 g/mol. The predicted octanol–water partition coefficient (Wildman–Crippen LogP) is 6.23. The second-order valence-corrected chi connectivity index (χ2v) is 9.78. The number of anilines is 1. The summed E-state index contributed by atoms with van der Waals surface area (Å²) in [6.45, 7) is 3.59. The van der Waals surface area contributed by atoms with Crippen molar-refractivity contribution in [1.82, 2.24) is 10.2 Å². The second kappa shape index (κ2) is 10.3. The lowest BCUT2D eigenvalue weighted by molar-refractivity contribution is -0.253. The Balaban J connectivity index is 1.74. The number of fused-ring (bicyclic) bond motifs is 1. The van der Waals surface area contributed by atoms with Crippen LogP contribution in [0.1, 0.15) is 35.2 Å². The van der Waals surface area contributed by atoms with Crippen molar-refractivity contribution in [2.75, 3.05) is 4.31 Å². The maximum Gasteiger partial charge on any atom is 0.404 e. The van der Waals surface area contributed by atoms with Gasteiger partial charge in [0.05, 0.1) is 16.6 Å². The van der Waals surface area contributed by atoms with E-state index in [0.717, 1.165) is 30.3 Å². The van der Waals surface area contributed by atoms with Crippen molar-refractivity contribution in [2.24, 2.45) is 0 Å². The highest BCUT2D eigenvalue weighted by atomic mass is 32.2. The SMILES string of the molecule is C=CCc1nnc(C[C@@H]2CCc3cc(C(C(F)(F)F)C(F)(F)F)ccc3N2S(=O)c2ccc(F)cc2)o1. The van der Waals surface area contributed by atoms with Crippen LogP contribution in [0.3, 0.4) is 0 Å². The zero-order valence-electron chi connectivity index (χ0n) is 19.0. The van der Waals surface area contributed by atoms with Crippen LogP contribution in [0.4, 0.5) is 36.4 Å². The summed E-state index contributed by atoms with van der Waals surface area (Å²) in [6.07, 6.45) is -8.72. The average Bonchev–Trinajstić information content (AvgIpc) is 3.24. The molecule has 37 heavy (non-hydrogen) atoms. The van der Waals surface area contributed by atoms with Gasteiger partial charge in [0.2, 0.25) is 11.8 Å². The lowest BCUT2D eigenvalue weighted by Crippen LogP contribution is -2.42. The van der Waals surface area contributed by atoms with Crippen molar-refractivity contribution < 1.29 is 39.4 Å². The Labute approximate surface area is 209 Å². The summed E-state index contributed by atoms with van der Waals surface area (Å²) < 4.78 is 114. The Hall–Kier alpha value is -3.22. The standard InChI is InChI=1S/C24H20F7N3O2S/c1-2-3-20-32-33-21(36-20)13-17-8-4-14-12-15(22(23(26,27)28)24(29,30)31)5-11-19(14)34(17)37(35)18-9-6-16(25)7-10-18/h2,5-7,9-12,17,22H,1,3-4,8,13H2/t17-,37?/m0/s1. The number of aryl methyl sites for hydroxylation is 1. The summed E-state index contributed by atoms with van der Waals surface area (Å²) in [5, 5.41) is 7.86. The van der Waals surface area contributed by atoms with Crippen molar-refractivity contribution in [3.05, 3.63) is 83.8 Å². The van der Waals surface area contributed by atoms with E-state index in [2.05, 4.69) is 16.8 Å². The van der Waals surface area contributed by atoms with Gasteiger partial charge in [-0.1, -0.05) is 18.2 Å². The molecule has 4 rings (SSSR count). The second-order valence-electron chi connectivity index (χ2n) is 8.41. The van der Waals surface area contributed by atoms with Gasteiger partial charge in [-0.05, 0) is 54.3 Å². The Morgan fingerprint density at radius 1 is 1.05 bits per heavy atom. The van der Waals surface area contributed by atoms with Crippen LogP contribution < -0.4 is 4.31 Å². The fourth-order valence-corrected chi connectivity index (χ4v) is 5.66. The van der Waals surface area contributed by atoms with Crippen molar-refractivity contribution in [1.29, 1.82) is 0 Å². The predicted molar refractivity (Wildman–Crippen MR) is 121 cm³/mol. The number of rotatable bonds is 7. The number of allylic oxidation sites excluding steroid dienone is 1. The van der Waals surface area contributed by atoms with Gasteiger partial charge in [-0.2, -0.15) is 26.3 Å². The summed E-state index contributed by atoms with van der Waals surface area (Å²) in [5.74, 6) is -3.69. The number of aromatic nitrogens is 2. The van der Waals surface area contributed by atoms with E-state index in [-0.39, 0.29) is 41.3 Å². The monoisotopic (exact) mass is 547 g/mol. The highest BCUT2D eigenvalue weighted by molar-refractivity contribution is 7.86. The molecule has 0 spiro atoms. The van der Waals surface area contributed by atoms with E-state index in [1.165, 1.54) is 16.4 Å². The number of hydrogen-bond acceptors (Lipinski definition) is 4. The van der Waals surface area contributed by atoms with E-state index < -0.39 is 46.7 Å². The molecule has 1 aliphatic rings. The molecule has 0 radical (unpaired) electrons. The minimum absolute atomic E-state index is 0.117. The molecule has 3 aromatic rings. The van der Waals surface area contributed by atoms with Crippen LogP contribution in [0.15, 0.2) is 64.4 Å². The van der Waals surface area contributed by atoms with Crippen LogP contribution in [0.25, 0.3) is 0 Å². The molecule has 198 valence electrons. The summed E-state index contributed by atoms with van der Waals surface area (Å²) >= 11 is 0. The number of benzene rings is 2. The molecule has 0 saturated heterocycles.